The van der Waals surface area contributed by atoms with Crippen LogP contribution in [0, 0.1) is 6.92 Å². The van der Waals surface area contributed by atoms with Crippen LogP contribution in [0.1, 0.15) is 50.0 Å². The van der Waals surface area contributed by atoms with Crippen LogP contribution in [0.4, 0.5) is 0 Å². The van der Waals surface area contributed by atoms with Crippen LogP contribution in [-0.4, -0.2) is 29.9 Å². The third-order valence-electron chi connectivity index (χ3n) is 4.70. The molecular weight excluding hydrogens is 408 g/mol. The number of hydrogen-bond donors (Lipinski definition) is 0. The highest BCUT2D eigenvalue weighted by molar-refractivity contribution is 6.49. The van der Waals surface area contributed by atoms with Gasteiger partial charge < -0.3 is 9.47 Å². The van der Waals surface area contributed by atoms with Gasteiger partial charge in [0.15, 0.2) is 5.78 Å². The number of ketones is 3. The minimum Gasteiger partial charge on any atom is -0.466 e. The van der Waals surface area contributed by atoms with E-state index in [-0.39, 0.29) is 30.1 Å². The van der Waals surface area contributed by atoms with Crippen molar-refractivity contribution in [2.75, 3.05) is 6.61 Å². The molecule has 162 valence electrons. The lowest BCUT2D eigenvalue weighted by atomic mass is 10.0. The van der Waals surface area contributed by atoms with Crippen LogP contribution in [-0.2, 0) is 9.53 Å². The van der Waals surface area contributed by atoms with E-state index in [1.54, 1.807) is 80.6 Å². The van der Waals surface area contributed by atoms with Crippen molar-refractivity contribution >= 4 is 23.3 Å². The lowest BCUT2D eigenvalue weighted by Crippen LogP contribution is -2.15. The van der Waals surface area contributed by atoms with Gasteiger partial charge in [-0.2, -0.15) is 0 Å². The normalized spacial score (nSPS) is 10.3. The van der Waals surface area contributed by atoms with Gasteiger partial charge >= 0.3 is 5.97 Å². The van der Waals surface area contributed by atoms with E-state index in [2.05, 4.69) is 0 Å². The first kappa shape index (κ1) is 22.6. The van der Waals surface area contributed by atoms with Crippen molar-refractivity contribution in [3.05, 3.63) is 95.1 Å². The van der Waals surface area contributed by atoms with Gasteiger partial charge in [0.2, 0.25) is 11.6 Å². The summed E-state index contributed by atoms with van der Waals surface area (Å²) in [6.45, 7) is 3.63. The molecule has 0 aliphatic carbocycles. The molecule has 32 heavy (non-hydrogen) atoms. The third-order valence-corrected chi connectivity index (χ3v) is 4.70. The van der Waals surface area contributed by atoms with Crippen LogP contribution in [0.3, 0.4) is 0 Å². The molecule has 0 unspecified atom stereocenters. The van der Waals surface area contributed by atoms with E-state index >= 15 is 0 Å². The number of aryl methyl sites for hydroxylation is 1. The fourth-order valence-electron chi connectivity index (χ4n) is 3.09. The van der Waals surface area contributed by atoms with Crippen LogP contribution < -0.4 is 4.74 Å². The van der Waals surface area contributed by atoms with Gasteiger partial charge in [-0.3, -0.25) is 19.2 Å². The van der Waals surface area contributed by atoms with Crippen molar-refractivity contribution in [1.82, 2.24) is 0 Å². The number of carbonyl (C=O) groups is 4. The van der Waals surface area contributed by atoms with E-state index in [0.29, 0.717) is 22.4 Å². The Labute approximate surface area is 185 Å². The third kappa shape index (κ3) is 5.35. The fraction of sp³-hybridized carbons (Fsp3) is 0.154. The first-order valence-electron chi connectivity index (χ1n) is 10.1. The molecule has 0 heterocycles. The van der Waals surface area contributed by atoms with E-state index in [4.69, 9.17) is 9.47 Å². The maximum Gasteiger partial charge on any atom is 0.313 e. The van der Waals surface area contributed by atoms with Gasteiger partial charge in [0.05, 0.1) is 12.2 Å². The first-order valence-corrected chi connectivity index (χ1v) is 10.1. The van der Waals surface area contributed by atoms with Gasteiger partial charge in [-0.1, -0.05) is 42.5 Å². The van der Waals surface area contributed by atoms with E-state index in [9.17, 15) is 19.2 Å². The van der Waals surface area contributed by atoms with Crippen LogP contribution in [0.25, 0.3) is 0 Å². The predicted molar refractivity (Wildman–Crippen MR) is 118 cm³/mol. The summed E-state index contributed by atoms with van der Waals surface area (Å²) in [4.78, 5) is 49.2. The van der Waals surface area contributed by atoms with Gasteiger partial charge in [-0.15, -0.1) is 0 Å². The summed E-state index contributed by atoms with van der Waals surface area (Å²) in [6, 6.07) is 19.5. The molecule has 0 saturated carbocycles. The molecule has 0 aromatic heterocycles. The zero-order valence-corrected chi connectivity index (χ0v) is 17.8. The number of rotatable bonds is 9. The largest absolute Gasteiger partial charge is 0.466 e. The van der Waals surface area contributed by atoms with E-state index < -0.39 is 17.5 Å². The Balaban J connectivity index is 1.81. The molecule has 0 spiro atoms. The van der Waals surface area contributed by atoms with Crippen LogP contribution in [0.5, 0.6) is 11.5 Å². The number of Topliss-reactive ketones (excluding diaryl/α,β-unsaturated/α-hetero) is 3. The van der Waals surface area contributed by atoms with Gasteiger partial charge in [0.25, 0.3) is 0 Å². The maximum atomic E-state index is 12.8. The Morgan fingerprint density at radius 3 is 2.12 bits per heavy atom. The molecule has 0 bridgehead atoms. The Hall–Kier alpha value is -4.06. The average Bonchev–Trinajstić information content (AvgIpc) is 2.80. The van der Waals surface area contributed by atoms with Crippen molar-refractivity contribution in [3.63, 3.8) is 0 Å². The van der Waals surface area contributed by atoms with Crippen molar-refractivity contribution in [1.29, 1.82) is 0 Å². The first-order chi connectivity index (χ1) is 15.4. The standard InChI is InChI=1S/C26H22O6/c1-3-31-24(28)16-21(27)19-13-14-22(17(2)15-19)32-23-12-8-7-11-20(23)26(30)25(29)18-9-5-4-6-10-18/h4-15H,3,16H2,1-2H3. The average molecular weight is 430 g/mol. The fourth-order valence-corrected chi connectivity index (χ4v) is 3.09. The summed E-state index contributed by atoms with van der Waals surface area (Å²) < 4.78 is 10.7. The van der Waals surface area contributed by atoms with Crippen molar-refractivity contribution in [2.24, 2.45) is 0 Å². The minimum absolute atomic E-state index is 0.142. The Morgan fingerprint density at radius 2 is 1.44 bits per heavy atom. The molecule has 3 rings (SSSR count). The molecule has 0 aliphatic heterocycles. The molecule has 6 heteroatoms. The summed E-state index contributed by atoms with van der Waals surface area (Å²) in [5.74, 6) is -1.59. The molecule has 6 nitrogen and oxygen atoms in total. The Morgan fingerprint density at radius 1 is 0.750 bits per heavy atom. The zero-order chi connectivity index (χ0) is 23.1. The summed E-state index contributed by atoms with van der Waals surface area (Å²) >= 11 is 0. The van der Waals surface area contributed by atoms with E-state index in [1.807, 2.05) is 0 Å². The number of benzene rings is 3. The highest BCUT2D eigenvalue weighted by Crippen LogP contribution is 2.29. The lowest BCUT2D eigenvalue weighted by molar-refractivity contribution is -0.141. The number of esters is 1. The van der Waals surface area contributed by atoms with Crippen LogP contribution >= 0.6 is 0 Å². The number of ether oxygens (including phenoxy) is 2. The molecule has 0 fully saturated rings. The van der Waals surface area contributed by atoms with Gasteiger partial charge in [0, 0.05) is 11.1 Å². The second-order valence-electron chi connectivity index (χ2n) is 7.01. The van der Waals surface area contributed by atoms with Gasteiger partial charge in [0.1, 0.15) is 17.9 Å². The molecule has 3 aromatic rings. The molecule has 0 atom stereocenters. The summed E-state index contributed by atoms with van der Waals surface area (Å²) in [7, 11) is 0. The lowest BCUT2D eigenvalue weighted by Gasteiger charge is -2.13. The number of para-hydroxylation sites is 1. The number of carbonyl (C=O) groups excluding carboxylic acids is 4. The zero-order valence-electron chi connectivity index (χ0n) is 17.8. The molecule has 0 amide bonds. The summed E-state index contributed by atoms with van der Waals surface area (Å²) in [5, 5.41) is 0. The van der Waals surface area contributed by atoms with Crippen LogP contribution in [0.15, 0.2) is 72.8 Å². The summed E-state index contributed by atoms with van der Waals surface area (Å²) in [6.07, 6.45) is -0.341. The second-order valence-corrected chi connectivity index (χ2v) is 7.01. The molecule has 0 saturated heterocycles. The molecule has 0 aliphatic rings. The topological polar surface area (TPSA) is 86.7 Å². The maximum absolute atomic E-state index is 12.8. The van der Waals surface area contributed by atoms with E-state index in [0.717, 1.165) is 0 Å². The summed E-state index contributed by atoms with van der Waals surface area (Å²) in [5.41, 5.74) is 1.43. The molecule has 0 N–H and O–H groups in total. The quantitative estimate of drug-likeness (QED) is 0.206. The van der Waals surface area contributed by atoms with Crippen LogP contribution in [0.2, 0.25) is 0 Å². The number of hydrogen-bond acceptors (Lipinski definition) is 6. The molecule has 0 radical (unpaired) electrons. The monoisotopic (exact) mass is 430 g/mol. The Bertz CT molecular complexity index is 1160. The smallest absolute Gasteiger partial charge is 0.313 e. The Kier molecular flexibility index (Phi) is 7.29. The van der Waals surface area contributed by atoms with Crippen molar-refractivity contribution in [3.8, 4) is 11.5 Å². The van der Waals surface area contributed by atoms with Crippen molar-refractivity contribution in [2.45, 2.75) is 20.3 Å². The van der Waals surface area contributed by atoms with Gasteiger partial charge in [-0.05, 0) is 49.7 Å². The second kappa shape index (κ2) is 10.3. The molecular formula is C26H22O6. The minimum atomic E-state index is -0.675. The highest BCUT2D eigenvalue weighted by atomic mass is 16.5. The van der Waals surface area contributed by atoms with Crippen molar-refractivity contribution < 1.29 is 28.7 Å². The SMILES string of the molecule is CCOC(=O)CC(=O)c1ccc(Oc2ccccc2C(=O)C(=O)c2ccccc2)c(C)c1. The molecule has 3 aromatic carbocycles. The van der Waals surface area contributed by atoms with Gasteiger partial charge in [-0.25, -0.2) is 0 Å². The predicted octanol–water partition coefficient (Wildman–Crippen LogP) is 4.99. The highest BCUT2D eigenvalue weighted by Gasteiger charge is 2.22. The van der Waals surface area contributed by atoms with E-state index in [1.165, 1.54) is 6.07 Å².